The molecule has 1 aliphatic carbocycles. The van der Waals surface area contributed by atoms with Gasteiger partial charge < -0.3 is 14.5 Å². The van der Waals surface area contributed by atoms with Gasteiger partial charge in [-0.25, -0.2) is 0 Å². The molecule has 6 nitrogen and oxygen atoms in total. The lowest BCUT2D eigenvalue weighted by atomic mass is 9.98. The summed E-state index contributed by atoms with van der Waals surface area (Å²) in [6.07, 6.45) is 3.49. The number of amides is 2. The van der Waals surface area contributed by atoms with Crippen LogP contribution < -0.4 is 0 Å². The first kappa shape index (κ1) is 20.9. The topological polar surface area (TPSA) is 66.9 Å². The Bertz CT molecular complexity index is 1020. The van der Waals surface area contributed by atoms with Crippen molar-refractivity contribution >= 4 is 17.6 Å². The fraction of sp³-hybridized carbons (Fsp3) is 0.423. The first-order valence-electron chi connectivity index (χ1n) is 11.5. The van der Waals surface area contributed by atoms with E-state index in [1.165, 1.54) is 12.8 Å². The Kier molecular flexibility index (Phi) is 5.79. The van der Waals surface area contributed by atoms with E-state index in [1.807, 2.05) is 48.5 Å². The molecule has 2 heterocycles. The van der Waals surface area contributed by atoms with Crippen molar-refractivity contribution in [3.05, 3.63) is 59.7 Å². The molecule has 2 saturated heterocycles. The quantitative estimate of drug-likeness (QED) is 0.656. The highest BCUT2D eigenvalue weighted by molar-refractivity contribution is 5.98. The lowest BCUT2D eigenvalue weighted by molar-refractivity contribution is -0.157. The fourth-order valence-corrected chi connectivity index (χ4v) is 4.33. The second-order valence-electron chi connectivity index (χ2n) is 8.99. The van der Waals surface area contributed by atoms with Crippen LogP contribution in [0.15, 0.2) is 48.5 Å². The Morgan fingerprint density at radius 1 is 0.812 bits per heavy atom. The Labute approximate surface area is 188 Å². The molecule has 0 bridgehead atoms. The van der Waals surface area contributed by atoms with Gasteiger partial charge in [0.1, 0.15) is 6.10 Å². The molecule has 166 valence electrons. The summed E-state index contributed by atoms with van der Waals surface area (Å²) in [7, 11) is 0. The van der Waals surface area contributed by atoms with E-state index in [1.54, 1.807) is 9.80 Å². The molecule has 6 heteroatoms. The highest BCUT2D eigenvalue weighted by atomic mass is 16.5. The van der Waals surface area contributed by atoms with E-state index in [2.05, 4.69) is 0 Å². The number of hydrogen-bond donors (Lipinski definition) is 0. The largest absolute Gasteiger partial charge is 0.368 e. The van der Waals surface area contributed by atoms with Crippen LogP contribution >= 0.6 is 0 Å². The van der Waals surface area contributed by atoms with E-state index in [4.69, 9.17) is 4.74 Å². The number of carbonyl (C=O) groups is 3. The molecule has 1 unspecified atom stereocenters. The maximum atomic E-state index is 12.9. The zero-order valence-corrected chi connectivity index (χ0v) is 18.2. The van der Waals surface area contributed by atoms with Crippen molar-refractivity contribution in [3.63, 3.8) is 0 Å². The molecule has 0 spiro atoms. The van der Waals surface area contributed by atoms with Crippen molar-refractivity contribution in [3.8, 4) is 11.1 Å². The van der Waals surface area contributed by atoms with Crippen molar-refractivity contribution in [1.29, 1.82) is 0 Å². The van der Waals surface area contributed by atoms with Crippen LogP contribution in [-0.4, -0.2) is 66.3 Å². The van der Waals surface area contributed by atoms with Gasteiger partial charge in [-0.2, -0.15) is 0 Å². The maximum absolute atomic E-state index is 12.9. The molecule has 1 saturated carbocycles. The number of ketones is 1. The van der Waals surface area contributed by atoms with Crippen molar-refractivity contribution in [2.75, 3.05) is 32.8 Å². The van der Waals surface area contributed by atoms with Crippen LogP contribution in [0.25, 0.3) is 11.1 Å². The van der Waals surface area contributed by atoms with E-state index in [9.17, 15) is 14.4 Å². The van der Waals surface area contributed by atoms with Gasteiger partial charge in [-0.1, -0.05) is 30.3 Å². The van der Waals surface area contributed by atoms with E-state index >= 15 is 0 Å². The van der Waals surface area contributed by atoms with Gasteiger partial charge in [-0.3, -0.25) is 14.4 Å². The van der Waals surface area contributed by atoms with Crippen LogP contribution in [0.4, 0.5) is 0 Å². The van der Waals surface area contributed by atoms with Crippen LogP contribution in [0.3, 0.4) is 0 Å². The molecule has 0 N–H and O–H groups in total. The minimum absolute atomic E-state index is 0.0168. The minimum atomic E-state index is -0.285. The Morgan fingerprint density at radius 3 is 2.12 bits per heavy atom. The lowest BCUT2D eigenvalue weighted by Crippen LogP contribution is -2.54. The molecule has 2 aliphatic heterocycles. The van der Waals surface area contributed by atoms with Gasteiger partial charge in [-0.15, -0.1) is 0 Å². The Hall–Kier alpha value is -2.99. The van der Waals surface area contributed by atoms with Crippen LogP contribution in [0, 0.1) is 5.92 Å². The minimum Gasteiger partial charge on any atom is -0.368 e. The summed E-state index contributed by atoms with van der Waals surface area (Å²) in [4.78, 5) is 41.3. The standard InChI is InChI=1S/C26H28N2O4/c29-23(16-18-4-5-18)22-3-1-2-21(17-22)19-6-8-20(9-7-19)25(30)27-11-13-28(14-12-27)26(31)24-10-15-32-24/h1-3,6-9,17-18,24H,4-5,10-16H2. The van der Waals surface area contributed by atoms with E-state index in [0.29, 0.717) is 50.7 Å². The fourth-order valence-electron chi connectivity index (χ4n) is 4.33. The predicted octanol–water partition coefficient (Wildman–Crippen LogP) is 3.41. The number of Topliss-reactive ketones (excluding diaryl/α,β-unsaturated/α-hetero) is 1. The molecule has 3 fully saturated rings. The lowest BCUT2D eigenvalue weighted by Gasteiger charge is -2.38. The number of ether oxygens (including phenoxy) is 1. The van der Waals surface area contributed by atoms with Gasteiger partial charge >= 0.3 is 0 Å². The highest BCUT2D eigenvalue weighted by Crippen LogP contribution is 2.34. The first-order chi connectivity index (χ1) is 15.6. The number of rotatable bonds is 6. The SMILES string of the molecule is O=C(CC1CC1)c1cccc(-c2ccc(C(=O)N3CCN(C(=O)C4CCO4)CC3)cc2)c1. The van der Waals surface area contributed by atoms with Crippen LogP contribution in [0.5, 0.6) is 0 Å². The normalized spacial score (nSPS) is 20.6. The van der Waals surface area contributed by atoms with Gasteiger partial charge in [0.25, 0.3) is 11.8 Å². The van der Waals surface area contributed by atoms with Crippen molar-refractivity contribution in [2.45, 2.75) is 31.8 Å². The third-order valence-electron chi connectivity index (χ3n) is 6.67. The first-order valence-corrected chi connectivity index (χ1v) is 11.5. The van der Waals surface area contributed by atoms with Crippen molar-refractivity contribution in [2.24, 2.45) is 5.92 Å². The zero-order valence-electron chi connectivity index (χ0n) is 18.2. The molecule has 1 atom stereocenters. The molecule has 2 aromatic rings. The van der Waals surface area contributed by atoms with Crippen LogP contribution in [0.1, 0.15) is 46.4 Å². The second kappa shape index (κ2) is 8.87. The second-order valence-corrected chi connectivity index (χ2v) is 8.99. The molecular formula is C26H28N2O4. The molecule has 2 amide bonds. The Morgan fingerprint density at radius 2 is 1.50 bits per heavy atom. The summed E-state index contributed by atoms with van der Waals surface area (Å²) < 4.78 is 5.29. The summed E-state index contributed by atoms with van der Waals surface area (Å²) in [6, 6.07) is 15.3. The Balaban J connectivity index is 1.20. The van der Waals surface area contributed by atoms with Gasteiger partial charge in [0.15, 0.2) is 5.78 Å². The molecule has 5 rings (SSSR count). The third kappa shape index (κ3) is 4.46. The van der Waals surface area contributed by atoms with Crippen molar-refractivity contribution < 1.29 is 19.1 Å². The molecule has 32 heavy (non-hydrogen) atoms. The number of nitrogens with zero attached hydrogens (tertiary/aromatic N) is 2. The molecule has 0 aromatic heterocycles. The van der Waals surface area contributed by atoms with Crippen LogP contribution in [-0.2, 0) is 9.53 Å². The predicted molar refractivity (Wildman–Crippen MR) is 120 cm³/mol. The van der Waals surface area contributed by atoms with E-state index < -0.39 is 0 Å². The van der Waals surface area contributed by atoms with Gasteiger partial charge in [0, 0.05) is 50.1 Å². The average Bonchev–Trinajstić information content (AvgIpc) is 3.62. The smallest absolute Gasteiger partial charge is 0.253 e. The van der Waals surface area contributed by atoms with E-state index in [-0.39, 0.29) is 23.7 Å². The number of hydrogen-bond acceptors (Lipinski definition) is 4. The van der Waals surface area contributed by atoms with E-state index in [0.717, 1.165) is 23.1 Å². The summed E-state index contributed by atoms with van der Waals surface area (Å²) in [5, 5.41) is 0. The number of piperazine rings is 1. The summed E-state index contributed by atoms with van der Waals surface area (Å²) in [6.45, 7) is 2.81. The summed E-state index contributed by atoms with van der Waals surface area (Å²) >= 11 is 0. The monoisotopic (exact) mass is 432 g/mol. The van der Waals surface area contributed by atoms with Gasteiger partial charge in [0.2, 0.25) is 0 Å². The number of carbonyl (C=O) groups excluding carboxylic acids is 3. The molecule has 2 aromatic carbocycles. The molecule has 0 radical (unpaired) electrons. The van der Waals surface area contributed by atoms with Gasteiger partial charge in [-0.05, 0) is 48.1 Å². The van der Waals surface area contributed by atoms with Crippen molar-refractivity contribution in [1.82, 2.24) is 9.80 Å². The average molecular weight is 433 g/mol. The van der Waals surface area contributed by atoms with Gasteiger partial charge in [0.05, 0.1) is 6.61 Å². The third-order valence-corrected chi connectivity index (χ3v) is 6.67. The summed E-state index contributed by atoms with van der Waals surface area (Å²) in [5.41, 5.74) is 3.36. The summed E-state index contributed by atoms with van der Waals surface area (Å²) in [5.74, 6) is 0.813. The van der Waals surface area contributed by atoms with Crippen LogP contribution in [0.2, 0.25) is 0 Å². The number of benzene rings is 2. The zero-order chi connectivity index (χ0) is 22.1. The molecular weight excluding hydrogens is 404 g/mol. The molecule has 3 aliphatic rings. The highest BCUT2D eigenvalue weighted by Gasteiger charge is 2.33. The maximum Gasteiger partial charge on any atom is 0.253 e.